The Morgan fingerprint density at radius 1 is 1.57 bits per heavy atom. The molecule has 3 nitrogen and oxygen atoms in total. The molecule has 0 aromatic carbocycles. The quantitative estimate of drug-likeness (QED) is 0.758. The van der Waals surface area contributed by atoms with Gasteiger partial charge < -0.3 is 10.1 Å². The largest absolute Gasteiger partial charge is 0.379 e. The van der Waals surface area contributed by atoms with Gasteiger partial charge in [-0.1, -0.05) is 18.7 Å². The topological polar surface area (TPSA) is 33.6 Å². The van der Waals surface area contributed by atoms with Crippen LogP contribution in [0.5, 0.6) is 0 Å². The van der Waals surface area contributed by atoms with Crippen molar-refractivity contribution in [3.8, 4) is 0 Å². The summed E-state index contributed by atoms with van der Waals surface area (Å²) in [6.45, 7) is 3.95. The molecule has 2 atom stereocenters. The summed E-state index contributed by atoms with van der Waals surface area (Å²) in [5, 5.41) is 4.61. The normalized spacial score (nSPS) is 32.8. The number of nitrogens with one attached hydrogen (secondary N) is 1. The van der Waals surface area contributed by atoms with Gasteiger partial charge >= 0.3 is 0 Å². The molecule has 0 bridgehead atoms. The van der Waals surface area contributed by atoms with Crippen molar-refractivity contribution in [1.82, 2.24) is 5.32 Å². The number of hydrogen-bond acceptors (Lipinski definition) is 4. The Morgan fingerprint density at radius 2 is 2.50 bits per heavy atom. The van der Waals surface area contributed by atoms with Gasteiger partial charge in [-0.05, 0) is 19.3 Å². The molecule has 1 N–H and O–H groups in total. The maximum absolute atomic E-state index is 5.33. The van der Waals surface area contributed by atoms with Crippen LogP contribution in [0.15, 0.2) is 4.99 Å². The van der Waals surface area contributed by atoms with Crippen LogP contribution in [-0.4, -0.2) is 36.2 Å². The van der Waals surface area contributed by atoms with Gasteiger partial charge in [0.1, 0.15) is 0 Å². The van der Waals surface area contributed by atoms with Crippen molar-refractivity contribution in [2.45, 2.75) is 38.3 Å². The summed E-state index contributed by atoms with van der Waals surface area (Å²) in [5.74, 6) is 1.21. The predicted molar refractivity (Wildman–Crippen MR) is 60.9 cm³/mol. The Balaban J connectivity index is 1.86. The molecule has 2 unspecified atom stereocenters. The standard InChI is InChI=1S/C10H18N2OS/c1-2-8-4-6-14-10(11-8)12-9-3-5-13-7-9/h8-9H,2-7H2,1H3,(H,11,12). The first-order valence-corrected chi connectivity index (χ1v) is 6.42. The first kappa shape index (κ1) is 10.3. The summed E-state index contributed by atoms with van der Waals surface area (Å²) in [5.41, 5.74) is 0. The van der Waals surface area contributed by atoms with Crippen LogP contribution in [-0.2, 0) is 4.74 Å². The molecule has 4 heteroatoms. The molecular weight excluding hydrogens is 196 g/mol. The van der Waals surface area contributed by atoms with Gasteiger partial charge in [-0.25, -0.2) is 0 Å². The summed E-state index contributed by atoms with van der Waals surface area (Å²) >= 11 is 1.85. The summed E-state index contributed by atoms with van der Waals surface area (Å²) in [6.07, 6.45) is 3.51. The first-order chi connectivity index (χ1) is 6.88. The second kappa shape index (κ2) is 5.03. The molecule has 1 saturated heterocycles. The zero-order valence-electron chi connectivity index (χ0n) is 8.66. The van der Waals surface area contributed by atoms with Crippen LogP contribution in [0.25, 0.3) is 0 Å². The molecule has 0 spiro atoms. The van der Waals surface area contributed by atoms with Gasteiger partial charge in [0.15, 0.2) is 5.17 Å². The Kier molecular flexibility index (Phi) is 3.70. The monoisotopic (exact) mass is 214 g/mol. The average molecular weight is 214 g/mol. The first-order valence-electron chi connectivity index (χ1n) is 5.43. The van der Waals surface area contributed by atoms with Crippen molar-refractivity contribution in [3.63, 3.8) is 0 Å². The molecule has 0 amide bonds. The van der Waals surface area contributed by atoms with Gasteiger partial charge in [0.05, 0.1) is 18.7 Å². The highest BCUT2D eigenvalue weighted by atomic mass is 32.2. The van der Waals surface area contributed by atoms with E-state index in [1.54, 1.807) is 0 Å². The Morgan fingerprint density at radius 3 is 3.21 bits per heavy atom. The van der Waals surface area contributed by atoms with Gasteiger partial charge in [0, 0.05) is 12.4 Å². The van der Waals surface area contributed by atoms with E-state index in [1.165, 1.54) is 12.2 Å². The number of ether oxygens (including phenoxy) is 1. The second-order valence-corrected chi connectivity index (χ2v) is 4.92. The Bertz CT molecular complexity index is 214. The molecule has 0 aromatic rings. The highest BCUT2D eigenvalue weighted by molar-refractivity contribution is 8.13. The molecule has 2 aliphatic rings. The molecule has 2 rings (SSSR count). The average Bonchev–Trinajstić information content (AvgIpc) is 2.71. The number of amidine groups is 1. The molecule has 1 fully saturated rings. The van der Waals surface area contributed by atoms with Crippen LogP contribution in [0, 0.1) is 0 Å². The lowest BCUT2D eigenvalue weighted by Crippen LogP contribution is -2.35. The number of rotatable bonds is 2. The highest BCUT2D eigenvalue weighted by Crippen LogP contribution is 2.19. The molecule has 0 saturated carbocycles. The zero-order chi connectivity index (χ0) is 9.80. The van der Waals surface area contributed by atoms with E-state index < -0.39 is 0 Å². The summed E-state index contributed by atoms with van der Waals surface area (Å²) < 4.78 is 5.33. The summed E-state index contributed by atoms with van der Waals surface area (Å²) in [7, 11) is 0. The summed E-state index contributed by atoms with van der Waals surface area (Å²) in [6, 6.07) is 1.04. The van der Waals surface area contributed by atoms with Crippen LogP contribution in [0.4, 0.5) is 0 Å². The van der Waals surface area contributed by atoms with Crippen molar-refractivity contribution in [3.05, 3.63) is 0 Å². The second-order valence-electron chi connectivity index (χ2n) is 3.84. The molecule has 2 heterocycles. The van der Waals surface area contributed by atoms with Crippen molar-refractivity contribution < 1.29 is 4.74 Å². The van der Waals surface area contributed by atoms with Crippen LogP contribution >= 0.6 is 11.8 Å². The molecule has 2 aliphatic heterocycles. The van der Waals surface area contributed by atoms with Gasteiger partial charge in [-0.15, -0.1) is 0 Å². The van der Waals surface area contributed by atoms with Gasteiger partial charge in [-0.3, -0.25) is 4.99 Å². The van der Waals surface area contributed by atoms with Crippen molar-refractivity contribution >= 4 is 16.9 Å². The molecular formula is C10H18N2OS. The van der Waals surface area contributed by atoms with Crippen LogP contribution in [0.3, 0.4) is 0 Å². The van der Waals surface area contributed by atoms with E-state index in [2.05, 4.69) is 17.2 Å². The number of hydrogen-bond donors (Lipinski definition) is 1. The SMILES string of the molecule is CCC1CCSC(NC2CCOC2)=N1. The maximum Gasteiger partial charge on any atom is 0.157 e. The smallest absolute Gasteiger partial charge is 0.157 e. The molecule has 80 valence electrons. The van der Waals surface area contributed by atoms with E-state index in [1.807, 2.05) is 11.8 Å². The van der Waals surface area contributed by atoms with E-state index in [0.29, 0.717) is 12.1 Å². The number of thioether (sulfide) groups is 1. The van der Waals surface area contributed by atoms with E-state index in [0.717, 1.165) is 31.2 Å². The van der Waals surface area contributed by atoms with E-state index in [-0.39, 0.29) is 0 Å². The molecule has 14 heavy (non-hydrogen) atoms. The lowest BCUT2D eigenvalue weighted by atomic mass is 10.2. The van der Waals surface area contributed by atoms with E-state index >= 15 is 0 Å². The highest BCUT2D eigenvalue weighted by Gasteiger charge is 2.20. The van der Waals surface area contributed by atoms with Gasteiger partial charge in [0.2, 0.25) is 0 Å². The van der Waals surface area contributed by atoms with E-state index in [9.17, 15) is 0 Å². The Hall–Kier alpha value is -0.220. The molecule has 0 aromatic heterocycles. The van der Waals surface area contributed by atoms with Crippen molar-refractivity contribution in [1.29, 1.82) is 0 Å². The maximum atomic E-state index is 5.33. The third-order valence-electron chi connectivity index (χ3n) is 2.72. The van der Waals surface area contributed by atoms with Gasteiger partial charge in [0.25, 0.3) is 0 Å². The fourth-order valence-electron chi connectivity index (χ4n) is 1.76. The van der Waals surface area contributed by atoms with Crippen molar-refractivity contribution in [2.24, 2.45) is 4.99 Å². The van der Waals surface area contributed by atoms with Crippen LogP contribution in [0.2, 0.25) is 0 Å². The molecule has 0 aliphatic carbocycles. The third-order valence-corrected chi connectivity index (χ3v) is 3.65. The van der Waals surface area contributed by atoms with Crippen LogP contribution < -0.4 is 5.32 Å². The lowest BCUT2D eigenvalue weighted by Gasteiger charge is -2.21. The third kappa shape index (κ3) is 2.64. The Labute approximate surface area is 89.7 Å². The fraction of sp³-hybridized carbons (Fsp3) is 0.900. The molecule has 0 radical (unpaired) electrons. The fourth-order valence-corrected chi connectivity index (χ4v) is 2.81. The van der Waals surface area contributed by atoms with Crippen LogP contribution in [0.1, 0.15) is 26.2 Å². The number of nitrogens with zero attached hydrogens (tertiary/aromatic N) is 1. The minimum absolute atomic E-state index is 0.497. The van der Waals surface area contributed by atoms with Gasteiger partial charge in [-0.2, -0.15) is 0 Å². The van der Waals surface area contributed by atoms with E-state index in [4.69, 9.17) is 4.74 Å². The number of aliphatic imine (C=N–C) groups is 1. The van der Waals surface area contributed by atoms with Crippen molar-refractivity contribution in [2.75, 3.05) is 19.0 Å². The summed E-state index contributed by atoms with van der Waals surface area (Å²) in [4.78, 5) is 4.68. The minimum atomic E-state index is 0.497. The zero-order valence-corrected chi connectivity index (χ0v) is 9.48. The minimum Gasteiger partial charge on any atom is -0.379 e. The lowest BCUT2D eigenvalue weighted by molar-refractivity contribution is 0.192. The predicted octanol–water partition coefficient (Wildman–Crippen LogP) is 1.64.